The Morgan fingerprint density at radius 3 is 2.88 bits per heavy atom. The summed E-state index contributed by atoms with van der Waals surface area (Å²) in [6, 6.07) is 5.32. The van der Waals surface area contributed by atoms with E-state index in [1.54, 1.807) is 6.07 Å². The highest BCUT2D eigenvalue weighted by atomic mass is 16.3. The summed E-state index contributed by atoms with van der Waals surface area (Å²) >= 11 is 0. The zero-order valence-corrected chi connectivity index (χ0v) is 9.26. The average Bonchev–Trinajstić information content (AvgIpc) is 2.71. The van der Waals surface area contributed by atoms with Crippen molar-refractivity contribution in [1.82, 2.24) is 4.90 Å². The van der Waals surface area contributed by atoms with Gasteiger partial charge in [-0.25, -0.2) is 0 Å². The van der Waals surface area contributed by atoms with Gasteiger partial charge in [0.15, 0.2) is 0 Å². The standard InChI is InChI=1S/C12H18N2O2/c13-11-5-9(1-2-12(11)16)6-14-4-3-10(7-14)8-15/h1-2,5,10,15-16H,3-4,6-8,13H2. The lowest BCUT2D eigenvalue weighted by molar-refractivity contribution is 0.220. The number of hydrogen-bond acceptors (Lipinski definition) is 4. The van der Waals surface area contributed by atoms with Crippen molar-refractivity contribution in [3.63, 3.8) is 0 Å². The molecule has 4 N–H and O–H groups in total. The van der Waals surface area contributed by atoms with Gasteiger partial charge in [-0.2, -0.15) is 0 Å². The summed E-state index contributed by atoms with van der Waals surface area (Å²) in [5.41, 5.74) is 7.17. The molecule has 16 heavy (non-hydrogen) atoms. The van der Waals surface area contributed by atoms with Gasteiger partial charge in [0.2, 0.25) is 0 Å². The van der Waals surface area contributed by atoms with Crippen LogP contribution in [0.15, 0.2) is 18.2 Å². The molecular formula is C12H18N2O2. The molecule has 1 aliphatic rings. The molecule has 4 nitrogen and oxygen atoms in total. The Morgan fingerprint density at radius 1 is 1.44 bits per heavy atom. The van der Waals surface area contributed by atoms with Crippen LogP contribution in [0.25, 0.3) is 0 Å². The smallest absolute Gasteiger partial charge is 0.138 e. The van der Waals surface area contributed by atoms with Gasteiger partial charge < -0.3 is 15.9 Å². The number of likely N-dealkylation sites (tertiary alicyclic amines) is 1. The molecule has 0 radical (unpaired) electrons. The molecule has 2 rings (SSSR count). The number of aromatic hydroxyl groups is 1. The van der Waals surface area contributed by atoms with Gasteiger partial charge in [0.05, 0.1) is 5.69 Å². The Balaban J connectivity index is 1.97. The largest absolute Gasteiger partial charge is 0.506 e. The molecule has 0 spiro atoms. The van der Waals surface area contributed by atoms with Gasteiger partial charge in [0, 0.05) is 19.7 Å². The highest BCUT2D eigenvalue weighted by Gasteiger charge is 2.21. The normalized spacial score (nSPS) is 21.4. The number of hydrogen-bond donors (Lipinski definition) is 3. The van der Waals surface area contributed by atoms with Gasteiger partial charge in [-0.1, -0.05) is 6.07 Å². The summed E-state index contributed by atoms with van der Waals surface area (Å²) < 4.78 is 0. The fraction of sp³-hybridized carbons (Fsp3) is 0.500. The number of aliphatic hydroxyl groups is 1. The summed E-state index contributed by atoms with van der Waals surface area (Å²) in [4.78, 5) is 2.30. The van der Waals surface area contributed by atoms with Crippen LogP contribution in [0.4, 0.5) is 5.69 Å². The molecule has 1 atom stereocenters. The number of rotatable bonds is 3. The van der Waals surface area contributed by atoms with Crippen LogP contribution in [-0.2, 0) is 6.54 Å². The van der Waals surface area contributed by atoms with Gasteiger partial charge in [0.1, 0.15) is 5.75 Å². The van der Waals surface area contributed by atoms with E-state index in [2.05, 4.69) is 4.90 Å². The van der Waals surface area contributed by atoms with E-state index in [-0.39, 0.29) is 12.4 Å². The third kappa shape index (κ3) is 2.46. The molecule has 88 valence electrons. The van der Waals surface area contributed by atoms with Crippen molar-refractivity contribution in [2.75, 3.05) is 25.4 Å². The van der Waals surface area contributed by atoms with Crippen LogP contribution < -0.4 is 5.73 Å². The summed E-state index contributed by atoms with van der Waals surface area (Å²) in [6.45, 7) is 3.07. The zero-order chi connectivity index (χ0) is 11.5. The lowest BCUT2D eigenvalue weighted by Gasteiger charge is -2.16. The maximum absolute atomic E-state index is 9.31. The minimum atomic E-state index is 0.137. The molecule has 0 aliphatic carbocycles. The second-order valence-electron chi connectivity index (χ2n) is 4.47. The van der Waals surface area contributed by atoms with Crippen LogP contribution in [-0.4, -0.2) is 34.8 Å². The quantitative estimate of drug-likeness (QED) is 0.522. The molecule has 0 bridgehead atoms. The second kappa shape index (κ2) is 4.72. The molecule has 1 unspecified atom stereocenters. The molecule has 1 heterocycles. The van der Waals surface area contributed by atoms with E-state index in [9.17, 15) is 5.11 Å². The number of benzene rings is 1. The van der Waals surface area contributed by atoms with Crippen molar-refractivity contribution in [2.24, 2.45) is 5.92 Å². The van der Waals surface area contributed by atoms with E-state index < -0.39 is 0 Å². The maximum atomic E-state index is 9.31. The average molecular weight is 222 g/mol. The first-order valence-corrected chi connectivity index (χ1v) is 5.59. The predicted octanol–water partition coefficient (Wildman–Crippen LogP) is 0.789. The van der Waals surface area contributed by atoms with E-state index in [0.717, 1.165) is 31.6 Å². The van der Waals surface area contributed by atoms with E-state index >= 15 is 0 Å². The fourth-order valence-corrected chi connectivity index (χ4v) is 2.17. The minimum absolute atomic E-state index is 0.137. The van der Waals surface area contributed by atoms with Crippen molar-refractivity contribution in [3.05, 3.63) is 23.8 Å². The number of aliphatic hydroxyl groups excluding tert-OH is 1. The van der Waals surface area contributed by atoms with Gasteiger partial charge >= 0.3 is 0 Å². The van der Waals surface area contributed by atoms with Gasteiger partial charge in [-0.05, 0) is 36.6 Å². The van der Waals surface area contributed by atoms with E-state index in [1.165, 1.54) is 0 Å². The van der Waals surface area contributed by atoms with Crippen molar-refractivity contribution >= 4 is 5.69 Å². The van der Waals surface area contributed by atoms with Crippen LogP contribution in [0.5, 0.6) is 5.75 Å². The lowest BCUT2D eigenvalue weighted by atomic mass is 10.1. The highest BCUT2D eigenvalue weighted by Crippen LogP contribution is 2.23. The molecule has 1 saturated heterocycles. The SMILES string of the molecule is Nc1cc(CN2CCC(CO)C2)ccc1O. The number of anilines is 1. The molecule has 4 heteroatoms. The zero-order valence-electron chi connectivity index (χ0n) is 9.26. The molecule has 1 aliphatic heterocycles. The van der Waals surface area contributed by atoms with Gasteiger partial charge in [0.25, 0.3) is 0 Å². The number of nitrogen functional groups attached to an aromatic ring is 1. The molecule has 0 saturated carbocycles. The lowest BCUT2D eigenvalue weighted by Crippen LogP contribution is -2.21. The molecule has 1 aromatic carbocycles. The second-order valence-corrected chi connectivity index (χ2v) is 4.47. The topological polar surface area (TPSA) is 69.7 Å². The fourth-order valence-electron chi connectivity index (χ4n) is 2.17. The maximum Gasteiger partial charge on any atom is 0.138 e. The van der Waals surface area contributed by atoms with Crippen LogP contribution in [0.2, 0.25) is 0 Å². The molecule has 0 aromatic heterocycles. The Labute approximate surface area is 95.3 Å². The summed E-state index contributed by atoms with van der Waals surface area (Å²) in [6.07, 6.45) is 1.06. The molecule has 1 aromatic rings. The van der Waals surface area contributed by atoms with Crippen LogP contribution in [0, 0.1) is 5.92 Å². The summed E-state index contributed by atoms with van der Waals surface area (Å²) in [7, 11) is 0. The van der Waals surface area contributed by atoms with E-state index in [1.807, 2.05) is 12.1 Å². The van der Waals surface area contributed by atoms with E-state index in [0.29, 0.717) is 11.6 Å². The van der Waals surface area contributed by atoms with Gasteiger partial charge in [-0.3, -0.25) is 4.90 Å². The molecule has 1 fully saturated rings. The minimum Gasteiger partial charge on any atom is -0.506 e. The Kier molecular flexibility index (Phi) is 3.31. The predicted molar refractivity (Wildman–Crippen MR) is 63.0 cm³/mol. The number of nitrogens with zero attached hydrogens (tertiary/aromatic N) is 1. The van der Waals surface area contributed by atoms with Crippen molar-refractivity contribution in [1.29, 1.82) is 0 Å². The Morgan fingerprint density at radius 2 is 2.25 bits per heavy atom. The van der Waals surface area contributed by atoms with Crippen LogP contribution in [0.3, 0.4) is 0 Å². The third-order valence-electron chi connectivity index (χ3n) is 3.13. The first-order valence-electron chi connectivity index (χ1n) is 5.59. The Hall–Kier alpha value is -1.26. The first kappa shape index (κ1) is 11.2. The van der Waals surface area contributed by atoms with Crippen molar-refractivity contribution in [3.8, 4) is 5.75 Å². The van der Waals surface area contributed by atoms with Crippen LogP contribution >= 0.6 is 0 Å². The monoisotopic (exact) mass is 222 g/mol. The van der Waals surface area contributed by atoms with Crippen molar-refractivity contribution in [2.45, 2.75) is 13.0 Å². The summed E-state index contributed by atoms with van der Waals surface area (Å²) in [5, 5.41) is 18.4. The molecular weight excluding hydrogens is 204 g/mol. The van der Waals surface area contributed by atoms with E-state index in [4.69, 9.17) is 10.8 Å². The van der Waals surface area contributed by atoms with Gasteiger partial charge in [-0.15, -0.1) is 0 Å². The number of phenolic OH excluding ortho intramolecular Hbond substituents is 1. The van der Waals surface area contributed by atoms with Crippen LogP contribution in [0.1, 0.15) is 12.0 Å². The van der Waals surface area contributed by atoms with Crippen molar-refractivity contribution < 1.29 is 10.2 Å². The Bertz CT molecular complexity index is 368. The summed E-state index contributed by atoms with van der Waals surface area (Å²) in [5.74, 6) is 0.549. The number of phenols is 1. The number of nitrogens with two attached hydrogens (primary N) is 1. The highest BCUT2D eigenvalue weighted by molar-refractivity contribution is 5.53. The first-order chi connectivity index (χ1) is 7.69. The third-order valence-corrected chi connectivity index (χ3v) is 3.13. The molecule has 0 amide bonds.